The molecule has 0 N–H and O–H groups in total. The molecule has 0 aromatic rings. The van der Waals surface area contributed by atoms with Crippen molar-refractivity contribution in [2.75, 3.05) is 51.3 Å². The number of fused-ring (bicyclic) bond motifs is 1. The van der Waals surface area contributed by atoms with Crippen molar-refractivity contribution in [3.05, 3.63) is 0 Å². The summed E-state index contributed by atoms with van der Waals surface area (Å²) in [6.07, 6.45) is 1.46. The average molecular weight is 382 g/mol. The third-order valence-corrected chi connectivity index (χ3v) is 9.27. The Morgan fingerprint density at radius 3 is 2.25 bits per heavy atom. The molecule has 2 atom stereocenters. The summed E-state index contributed by atoms with van der Waals surface area (Å²) in [4.78, 5) is 2.10. The lowest BCUT2D eigenvalue weighted by Gasteiger charge is -2.44. The molecule has 3 aliphatic heterocycles. The molecule has 3 fully saturated rings. The van der Waals surface area contributed by atoms with Crippen molar-refractivity contribution in [1.82, 2.24) is 13.5 Å². The van der Waals surface area contributed by atoms with Gasteiger partial charge >= 0.3 is 0 Å². The molecule has 3 rings (SSSR count). The van der Waals surface area contributed by atoms with E-state index in [1.807, 2.05) is 6.92 Å². The van der Waals surface area contributed by atoms with E-state index in [-0.39, 0.29) is 23.7 Å². The molecule has 3 heterocycles. The molecule has 0 aromatic carbocycles. The van der Waals surface area contributed by atoms with Crippen molar-refractivity contribution >= 4 is 20.0 Å². The van der Waals surface area contributed by atoms with Crippen LogP contribution in [-0.2, 0) is 24.8 Å². The van der Waals surface area contributed by atoms with Crippen molar-refractivity contribution in [3.63, 3.8) is 0 Å². The number of likely N-dealkylation sites (N-methyl/N-ethyl adjacent to an activating group) is 1. The molecule has 0 bridgehead atoms. The zero-order valence-corrected chi connectivity index (χ0v) is 15.9. The smallest absolute Gasteiger partial charge is 0.282 e. The monoisotopic (exact) mass is 381 g/mol. The van der Waals surface area contributed by atoms with Gasteiger partial charge in [0.2, 0.25) is 0 Å². The molecule has 0 amide bonds. The Morgan fingerprint density at radius 1 is 1.04 bits per heavy atom. The topological polar surface area (TPSA) is 87.2 Å². The second-order valence-electron chi connectivity index (χ2n) is 6.79. The molecule has 10 heteroatoms. The van der Waals surface area contributed by atoms with Gasteiger partial charge in [-0.15, -0.1) is 0 Å². The second-order valence-corrected chi connectivity index (χ2v) is 10.8. The fourth-order valence-electron chi connectivity index (χ4n) is 4.12. The number of methoxy groups -OCH3 is 1. The minimum absolute atomic E-state index is 0.0588. The Morgan fingerprint density at radius 2 is 1.67 bits per heavy atom. The summed E-state index contributed by atoms with van der Waals surface area (Å²) in [5.41, 5.74) is 0. The van der Waals surface area contributed by atoms with Crippen LogP contribution in [0.5, 0.6) is 0 Å². The van der Waals surface area contributed by atoms with E-state index in [1.54, 1.807) is 7.11 Å². The van der Waals surface area contributed by atoms with Crippen LogP contribution in [0.2, 0.25) is 0 Å². The first-order valence-corrected chi connectivity index (χ1v) is 11.7. The van der Waals surface area contributed by atoms with Gasteiger partial charge in [-0.1, -0.05) is 6.92 Å². The van der Waals surface area contributed by atoms with Crippen molar-refractivity contribution in [2.24, 2.45) is 0 Å². The minimum atomic E-state index is -3.63. The van der Waals surface area contributed by atoms with E-state index >= 15 is 0 Å². The molecule has 3 aliphatic rings. The Balaban J connectivity index is 1.80. The van der Waals surface area contributed by atoms with Crippen LogP contribution in [0.1, 0.15) is 19.8 Å². The number of piperazine rings is 1. The molecule has 140 valence electrons. The maximum absolute atomic E-state index is 13.1. The van der Waals surface area contributed by atoms with E-state index in [0.29, 0.717) is 39.0 Å². The Kier molecular flexibility index (Phi) is 5.25. The predicted octanol–water partition coefficient (Wildman–Crippen LogP) is -0.855. The molecule has 24 heavy (non-hydrogen) atoms. The van der Waals surface area contributed by atoms with Crippen LogP contribution in [0.4, 0.5) is 0 Å². The van der Waals surface area contributed by atoms with E-state index in [1.165, 1.54) is 8.61 Å². The summed E-state index contributed by atoms with van der Waals surface area (Å²) in [7, 11) is -5.18. The van der Waals surface area contributed by atoms with Gasteiger partial charge in [-0.25, -0.2) is 8.42 Å². The van der Waals surface area contributed by atoms with Gasteiger partial charge in [0.05, 0.1) is 23.7 Å². The van der Waals surface area contributed by atoms with Crippen molar-refractivity contribution in [3.8, 4) is 0 Å². The van der Waals surface area contributed by atoms with Gasteiger partial charge in [-0.05, 0) is 19.4 Å². The van der Waals surface area contributed by atoms with Gasteiger partial charge in [-0.3, -0.25) is 4.90 Å². The Labute approximate surface area is 144 Å². The van der Waals surface area contributed by atoms with Crippen molar-refractivity contribution in [2.45, 2.75) is 38.0 Å². The first-order chi connectivity index (χ1) is 11.3. The maximum atomic E-state index is 13.1. The largest absolute Gasteiger partial charge is 0.381 e. The molecule has 0 aromatic heterocycles. The van der Waals surface area contributed by atoms with E-state index < -0.39 is 26.1 Å². The summed E-state index contributed by atoms with van der Waals surface area (Å²) < 4.78 is 58.6. The Bertz CT molecular complexity index is 658. The number of nitrogens with zero attached hydrogens (tertiary/aromatic N) is 3. The molecular weight excluding hydrogens is 354 g/mol. The van der Waals surface area contributed by atoms with Crippen molar-refractivity contribution in [1.29, 1.82) is 0 Å². The minimum Gasteiger partial charge on any atom is -0.381 e. The van der Waals surface area contributed by atoms with E-state index in [9.17, 15) is 16.8 Å². The van der Waals surface area contributed by atoms with Gasteiger partial charge in [0.25, 0.3) is 10.2 Å². The van der Waals surface area contributed by atoms with Gasteiger partial charge in [-0.2, -0.15) is 17.0 Å². The van der Waals surface area contributed by atoms with Crippen LogP contribution in [0.3, 0.4) is 0 Å². The number of hydrogen-bond acceptors (Lipinski definition) is 6. The highest BCUT2D eigenvalue weighted by atomic mass is 32.2. The molecule has 0 radical (unpaired) electrons. The first kappa shape index (κ1) is 18.5. The van der Waals surface area contributed by atoms with Gasteiger partial charge in [0.15, 0.2) is 9.84 Å². The fraction of sp³-hybridized carbons (Fsp3) is 1.00. The third-order valence-electron chi connectivity index (χ3n) is 5.50. The molecule has 0 unspecified atom stereocenters. The SMILES string of the molecule is CCN1CCN(S(=O)(=O)N2CCC(OC)CC2)[C@H]2CS(=O)(=O)C[C@H]21. The molecule has 0 aliphatic carbocycles. The van der Waals surface area contributed by atoms with E-state index in [2.05, 4.69) is 4.90 Å². The van der Waals surface area contributed by atoms with Crippen LogP contribution in [0, 0.1) is 0 Å². The van der Waals surface area contributed by atoms with Gasteiger partial charge in [0, 0.05) is 39.3 Å². The number of ether oxygens (including phenoxy) is 1. The van der Waals surface area contributed by atoms with E-state index in [4.69, 9.17) is 4.74 Å². The summed E-state index contributed by atoms with van der Waals surface area (Å²) in [5, 5.41) is 0. The molecule has 0 spiro atoms. The lowest BCUT2D eigenvalue weighted by Crippen LogP contribution is -2.63. The highest BCUT2D eigenvalue weighted by Crippen LogP contribution is 2.30. The predicted molar refractivity (Wildman–Crippen MR) is 90.7 cm³/mol. The standard InChI is InChI=1S/C14H27N3O5S2/c1-3-15-8-9-17(14-11-23(18,19)10-13(14)15)24(20,21)16-6-4-12(22-2)5-7-16/h12-14H,3-11H2,1-2H3/t13-,14+/m1/s1. The lowest BCUT2D eigenvalue weighted by atomic mass is 10.1. The molecular formula is C14H27N3O5S2. The average Bonchev–Trinajstić information content (AvgIpc) is 2.88. The summed E-state index contributed by atoms with van der Waals surface area (Å²) in [6, 6.07) is -0.686. The second kappa shape index (κ2) is 6.81. The summed E-state index contributed by atoms with van der Waals surface area (Å²) in [6.45, 7) is 4.53. The van der Waals surface area contributed by atoms with Crippen LogP contribution < -0.4 is 0 Å². The summed E-state index contributed by atoms with van der Waals surface area (Å²) in [5.74, 6) is -0.00872. The maximum Gasteiger partial charge on any atom is 0.282 e. The van der Waals surface area contributed by atoms with Crippen LogP contribution in [0.25, 0.3) is 0 Å². The molecule has 0 saturated carbocycles. The van der Waals surface area contributed by atoms with E-state index in [0.717, 1.165) is 6.54 Å². The highest BCUT2D eigenvalue weighted by Gasteiger charge is 2.51. The normalized spacial score (nSPS) is 33.6. The first-order valence-electron chi connectivity index (χ1n) is 8.52. The third kappa shape index (κ3) is 3.36. The van der Waals surface area contributed by atoms with Crippen LogP contribution in [-0.4, -0.2) is 99.9 Å². The van der Waals surface area contributed by atoms with Crippen molar-refractivity contribution < 1.29 is 21.6 Å². The van der Waals surface area contributed by atoms with Gasteiger partial charge in [0.1, 0.15) is 0 Å². The molecule has 8 nitrogen and oxygen atoms in total. The van der Waals surface area contributed by atoms with Crippen LogP contribution >= 0.6 is 0 Å². The fourth-order valence-corrected chi connectivity index (χ4v) is 8.06. The summed E-state index contributed by atoms with van der Waals surface area (Å²) >= 11 is 0. The zero-order chi connectivity index (χ0) is 17.5. The quantitative estimate of drug-likeness (QED) is 0.630. The number of sulfone groups is 1. The zero-order valence-electron chi connectivity index (χ0n) is 14.3. The number of hydrogen-bond donors (Lipinski definition) is 0. The van der Waals surface area contributed by atoms with Gasteiger partial charge < -0.3 is 4.74 Å². The van der Waals surface area contributed by atoms with Crippen LogP contribution in [0.15, 0.2) is 0 Å². The lowest BCUT2D eigenvalue weighted by molar-refractivity contribution is 0.0551. The molecule has 3 saturated heterocycles. The number of piperidine rings is 1. The Hall–Kier alpha value is -0.260. The number of rotatable bonds is 4. The highest BCUT2D eigenvalue weighted by molar-refractivity contribution is 7.92.